The van der Waals surface area contributed by atoms with Crippen LogP contribution < -0.4 is 16.0 Å². The molecule has 0 fully saturated rings. The van der Waals surface area contributed by atoms with Gasteiger partial charge in [0, 0.05) is 36.6 Å². The van der Waals surface area contributed by atoms with E-state index in [9.17, 15) is 4.79 Å². The van der Waals surface area contributed by atoms with Crippen molar-refractivity contribution in [2.24, 2.45) is 4.99 Å². The van der Waals surface area contributed by atoms with E-state index >= 15 is 0 Å². The maximum atomic E-state index is 12.0. The van der Waals surface area contributed by atoms with Crippen molar-refractivity contribution < 1.29 is 9.21 Å². The minimum Gasteiger partial charge on any atom is -0.459 e. The first-order valence-corrected chi connectivity index (χ1v) is 9.95. The Morgan fingerprint density at radius 3 is 2.61 bits per heavy atom. The Balaban J connectivity index is 1.46. The molecule has 0 aliphatic rings. The number of nitrogens with one attached hydrogen (secondary N) is 3. The molecule has 0 radical (unpaired) electrons. The highest BCUT2D eigenvalue weighted by Crippen LogP contribution is 2.19. The van der Waals surface area contributed by atoms with Gasteiger partial charge in [0.05, 0.1) is 6.26 Å². The molecule has 7 heteroatoms. The molecule has 2 aromatic heterocycles. The van der Waals surface area contributed by atoms with E-state index in [1.54, 1.807) is 30.5 Å². The molecule has 3 rings (SSSR count). The number of furan rings is 1. The third-order valence-corrected chi connectivity index (χ3v) is 5.35. The Bertz CT molecular complexity index is 887. The van der Waals surface area contributed by atoms with Crippen LogP contribution in [0.3, 0.4) is 0 Å². The highest BCUT2D eigenvalue weighted by molar-refractivity contribution is 7.10. The first-order chi connectivity index (χ1) is 13.7. The maximum absolute atomic E-state index is 12.0. The van der Waals surface area contributed by atoms with Crippen LogP contribution in [0, 0.1) is 0 Å². The molecule has 3 N–H and O–H groups in total. The summed E-state index contributed by atoms with van der Waals surface area (Å²) < 4.78 is 5.09. The fourth-order valence-electron chi connectivity index (χ4n) is 2.63. The van der Waals surface area contributed by atoms with Gasteiger partial charge in [-0.1, -0.05) is 25.1 Å². The molecule has 0 aliphatic carbocycles. The topological polar surface area (TPSA) is 78.7 Å². The van der Waals surface area contributed by atoms with Crippen LogP contribution >= 0.6 is 11.3 Å². The van der Waals surface area contributed by atoms with E-state index in [0.717, 1.165) is 23.8 Å². The second-order valence-electron chi connectivity index (χ2n) is 6.35. The molecular weight excluding hydrogens is 372 g/mol. The van der Waals surface area contributed by atoms with Crippen LogP contribution in [0.4, 0.5) is 5.69 Å². The molecule has 146 valence electrons. The fraction of sp³-hybridized carbons (Fsp3) is 0.238. The number of amides is 1. The molecule has 0 aliphatic heterocycles. The normalized spacial score (nSPS) is 12.4. The van der Waals surface area contributed by atoms with Crippen LogP contribution in [-0.2, 0) is 6.54 Å². The minimum atomic E-state index is -0.264. The first-order valence-electron chi connectivity index (χ1n) is 9.07. The third-order valence-electron chi connectivity index (χ3n) is 4.24. The summed E-state index contributed by atoms with van der Waals surface area (Å²) in [5.74, 6) is 1.21. The summed E-state index contributed by atoms with van der Waals surface area (Å²) in [6.07, 6.45) is 1.48. The van der Waals surface area contributed by atoms with E-state index in [-0.39, 0.29) is 11.7 Å². The van der Waals surface area contributed by atoms with Crippen molar-refractivity contribution in [1.29, 1.82) is 0 Å². The van der Waals surface area contributed by atoms with Gasteiger partial charge in [-0.05, 0) is 41.3 Å². The summed E-state index contributed by atoms with van der Waals surface area (Å²) in [4.78, 5) is 17.6. The van der Waals surface area contributed by atoms with E-state index in [2.05, 4.69) is 45.4 Å². The van der Waals surface area contributed by atoms with E-state index in [1.807, 2.05) is 24.3 Å². The number of hydrogen-bond acceptors (Lipinski definition) is 4. The number of aliphatic imine (C=N–C) groups is 1. The van der Waals surface area contributed by atoms with E-state index in [1.165, 1.54) is 11.1 Å². The van der Waals surface area contributed by atoms with Gasteiger partial charge in [0.25, 0.3) is 5.91 Å². The molecule has 0 bridgehead atoms. The number of anilines is 1. The molecule has 0 spiro atoms. The number of hydrogen-bond donors (Lipinski definition) is 3. The van der Waals surface area contributed by atoms with Gasteiger partial charge >= 0.3 is 0 Å². The monoisotopic (exact) mass is 396 g/mol. The van der Waals surface area contributed by atoms with Gasteiger partial charge in [-0.15, -0.1) is 11.3 Å². The number of nitrogens with zero attached hydrogens (tertiary/aromatic N) is 1. The molecule has 1 amide bonds. The molecule has 3 aromatic rings. The average molecular weight is 397 g/mol. The summed E-state index contributed by atoms with van der Waals surface area (Å²) in [5.41, 5.74) is 1.81. The summed E-state index contributed by atoms with van der Waals surface area (Å²) in [7, 11) is 1.76. The summed E-state index contributed by atoms with van der Waals surface area (Å²) in [6, 6.07) is 15.2. The standard InChI is InChI=1S/C21H24N4O2S/c1-15(19-6-4-12-28-19)13-23-21(22-2)24-14-16-7-9-17(10-8-16)25-20(26)18-5-3-11-27-18/h3-12,15H,13-14H2,1-2H3,(H,25,26)(H2,22,23,24). The fourth-order valence-corrected chi connectivity index (χ4v) is 3.42. The van der Waals surface area contributed by atoms with Crippen molar-refractivity contribution >= 4 is 28.9 Å². The van der Waals surface area contributed by atoms with E-state index in [4.69, 9.17) is 4.42 Å². The molecule has 0 saturated carbocycles. The molecule has 1 aromatic carbocycles. The maximum Gasteiger partial charge on any atom is 0.291 e. The van der Waals surface area contributed by atoms with Crippen molar-refractivity contribution in [3.63, 3.8) is 0 Å². The minimum absolute atomic E-state index is 0.264. The van der Waals surface area contributed by atoms with Gasteiger partial charge < -0.3 is 20.4 Å². The Kier molecular flexibility index (Phi) is 6.86. The highest BCUT2D eigenvalue weighted by atomic mass is 32.1. The average Bonchev–Trinajstić information content (AvgIpc) is 3.43. The van der Waals surface area contributed by atoms with Crippen molar-refractivity contribution in [2.75, 3.05) is 18.9 Å². The van der Waals surface area contributed by atoms with Crippen LogP contribution in [0.1, 0.15) is 33.8 Å². The van der Waals surface area contributed by atoms with Gasteiger partial charge in [-0.25, -0.2) is 0 Å². The molecule has 1 unspecified atom stereocenters. The molecular formula is C21H24N4O2S. The zero-order valence-electron chi connectivity index (χ0n) is 15.9. The number of benzene rings is 1. The largest absolute Gasteiger partial charge is 0.459 e. The lowest BCUT2D eigenvalue weighted by Gasteiger charge is -2.15. The zero-order valence-corrected chi connectivity index (χ0v) is 16.8. The number of thiophene rings is 1. The zero-order chi connectivity index (χ0) is 19.8. The number of carbonyl (C=O) groups is 1. The van der Waals surface area contributed by atoms with Crippen LogP contribution in [0.5, 0.6) is 0 Å². The second-order valence-corrected chi connectivity index (χ2v) is 7.33. The van der Waals surface area contributed by atoms with Crippen molar-refractivity contribution in [1.82, 2.24) is 10.6 Å². The quantitative estimate of drug-likeness (QED) is 0.416. The Hall–Kier alpha value is -3.06. The lowest BCUT2D eigenvalue weighted by atomic mass is 10.1. The van der Waals surface area contributed by atoms with Crippen LogP contribution in [-0.4, -0.2) is 25.5 Å². The number of carbonyl (C=O) groups excluding carboxylic acids is 1. The molecule has 6 nitrogen and oxygen atoms in total. The Morgan fingerprint density at radius 2 is 1.96 bits per heavy atom. The molecule has 1 atom stereocenters. The van der Waals surface area contributed by atoms with Gasteiger partial charge in [0.15, 0.2) is 11.7 Å². The second kappa shape index (κ2) is 9.75. The molecule has 0 saturated heterocycles. The van der Waals surface area contributed by atoms with Crippen molar-refractivity contribution in [3.05, 3.63) is 76.4 Å². The Morgan fingerprint density at radius 1 is 1.14 bits per heavy atom. The number of guanidine groups is 1. The smallest absolute Gasteiger partial charge is 0.291 e. The van der Waals surface area contributed by atoms with Crippen LogP contribution in [0.15, 0.2) is 69.6 Å². The molecule has 2 heterocycles. The Labute approximate surface area is 168 Å². The summed E-state index contributed by atoms with van der Waals surface area (Å²) in [5, 5.41) is 11.6. The summed E-state index contributed by atoms with van der Waals surface area (Å²) in [6.45, 7) is 3.65. The van der Waals surface area contributed by atoms with Gasteiger partial charge in [-0.2, -0.15) is 0 Å². The van der Waals surface area contributed by atoms with Gasteiger partial charge in [-0.3, -0.25) is 9.79 Å². The predicted octanol–water partition coefficient (Wildman–Crippen LogP) is 4.06. The van der Waals surface area contributed by atoms with E-state index in [0.29, 0.717) is 12.5 Å². The lowest BCUT2D eigenvalue weighted by Crippen LogP contribution is -2.38. The SMILES string of the molecule is CN=C(NCc1ccc(NC(=O)c2ccco2)cc1)NCC(C)c1cccs1. The lowest BCUT2D eigenvalue weighted by molar-refractivity contribution is 0.0996. The number of rotatable bonds is 7. The predicted molar refractivity (Wildman–Crippen MR) is 114 cm³/mol. The van der Waals surface area contributed by atoms with Crippen molar-refractivity contribution in [2.45, 2.75) is 19.4 Å². The third kappa shape index (κ3) is 5.47. The highest BCUT2D eigenvalue weighted by Gasteiger charge is 2.09. The van der Waals surface area contributed by atoms with Crippen LogP contribution in [0.25, 0.3) is 0 Å². The van der Waals surface area contributed by atoms with Crippen molar-refractivity contribution in [3.8, 4) is 0 Å². The molecule has 28 heavy (non-hydrogen) atoms. The van der Waals surface area contributed by atoms with Gasteiger partial charge in [0.2, 0.25) is 0 Å². The van der Waals surface area contributed by atoms with E-state index < -0.39 is 0 Å². The first kappa shape index (κ1) is 19.7. The summed E-state index contributed by atoms with van der Waals surface area (Å²) >= 11 is 1.77. The van der Waals surface area contributed by atoms with Crippen LogP contribution in [0.2, 0.25) is 0 Å². The van der Waals surface area contributed by atoms with Gasteiger partial charge in [0.1, 0.15) is 0 Å².